The quantitative estimate of drug-likeness (QED) is 0.761. The summed E-state index contributed by atoms with van der Waals surface area (Å²) in [7, 11) is 0. The predicted octanol–water partition coefficient (Wildman–Crippen LogP) is 2.57. The molecule has 2 heteroatoms. The fraction of sp³-hybridized carbons (Fsp3) is 0.364. The van der Waals surface area contributed by atoms with Gasteiger partial charge in [-0.2, -0.15) is 5.26 Å². The normalized spacial score (nSPS) is 9.23. The van der Waals surface area contributed by atoms with Crippen molar-refractivity contribution in [2.45, 2.75) is 19.8 Å². The van der Waals surface area contributed by atoms with Crippen molar-refractivity contribution >= 4 is 5.69 Å². The van der Waals surface area contributed by atoms with E-state index in [9.17, 15) is 0 Å². The molecule has 0 aromatic heterocycles. The van der Waals surface area contributed by atoms with E-state index in [1.54, 1.807) is 0 Å². The van der Waals surface area contributed by atoms with Crippen LogP contribution in [0.1, 0.15) is 18.9 Å². The van der Waals surface area contributed by atoms with E-state index in [4.69, 9.17) is 5.26 Å². The fourth-order valence-corrected chi connectivity index (χ4v) is 1.19. The molecule has 1 aromatic rings. The van der Waals surface area contributed by atoms with Crippen molar-refractivity contribution in [1.82, 2.24) is 0 Å². The number of nitrogens with one attached hydrogen (secondary N) is 1. The van der Waals surface area contributed by atoms with Crippen LogP contribution < -0.4 is 5.32 Å². The maximum Gasteiger partial charge on any atom is 0.0625 e. The molecule has 0 fully saturated rings. The average Bonchev–Trinajstić information content (AvgIpc) is 2.17. The zero-order valence-corrected chi connectivity index (χ0v) is 7.88. The van der Waals surface area contributed by atoms with Gasteiger partial charge in [-0.1, -0.05) is 12.1 Å². The lowest BCUT2D eigenvalue weighted by Crippen LogP contribution is -1.96. The van der Waals surface area contributed by atoms with Gasteiger partial charge in [0.25, 0.3) is 0 Å². The van der Waals surface area contributed by atoms with Gasteiger partial charge in [-0.15, -0.1) is 0 Å². The van der Waals surface area contributed by atoms with Gasteiger partial charge in [0.05, 0.1) is 6.07 Å². The molecule has 0 spiro atoms. The molecule has 0 aliphatic carbocycles. The Bertz CT molecular complexity index is 282. The SMILES string of the molecule is CCNc1ccc(CCC#N)cc1. The Morgan fingerprint density at radius 2 is 2.00 bits per heavy atom. The van der Waals surface area contributed by atoms with Gasteiger partial charge in [-0.3, -0.25) is 0 Å². The van der Waals surface area contributed by atoms with Crippen molar-refractivity contribution in [3.8, 4) is 6.07 Å². The van der Waals surface area contributed by atoms with Gasteiger partial charge in [-0.25, -0.2) is 0 Å². The summed E-state index contributed by atoms with van der Waals surface area (Å²) < 4.78 is 0. The van der Waals surface area contributed by atoms with Crippen molar-refractivity contribution in [3.63, 3.8) is 0 Å². The highest BCUT2D eigenvalue weighted by Gasteiger charge is 1.92. The second-order valence-corrected chi connectivity index (χ2v) is 2.89. The lowest BCUT2D eigenvalue weighted by atomic mass is 10.1. The number of hydrogen-bond acceptors (Lipinski definition) is 2. The molecule has 0 aliphatic heterocycles. The van der Waals surface area contributed by atoms with Gasteiger partial charge in [0.1, 0.15) is 0 Å². The van der Waals surface area contributed by atoms with E-state index in [0.717, 1.165) is 18.7 Å². The molecule has 0 atom stereocenters. The molecular formula is C11H14N2. The summed E-state index contributed by atoms with van der Waals surface area (Å²) in [5, 5.41) is 11.6. The van der Waals surface area contributed by atoms with Crippen molar-refractivity contribution in [2.24, 2.45) is 0 Å². The molecule has 0 amide bonds. The van der Waals surface area contributed by atoms with E-state index >= 15 is 0 Å². The zero-order valence-electron chi connectivity index (χ0n) is 7.88. The Hall–Kier alpha value is -1.49. The minimum absolute atomic E-state index is 0.598. The smallest absolute Gasteiger partial charge is 0.0625 e. The standard InChI is InChI=1S/C11H14N2/c1-2-13-11-7-5-10(6-8-11)4-3-9-12/h5-8,13H,2-4H2,1H3. The molecule has 13 heavy (non-hydrogen) atoms. The van der Waals surface area contributed by atoms with E-state index in [-0.39, 0.29) is 0 Å². The molecule has 1 rings (SSSR count). The number of benzene rings is 1. The molecule has 1 N–H and O–H groups in total. The highest BCUT2D eigenvalue weighted by molar-refractivity contribution is 5.44. The van der Waals surface area contributed by atoms with Crippen molar-refractivity contribution in [2.75, 3.05) is 11.9 Å². The van der Waals surface area contributed by atoms with Crippen LogP contribution in [0.4, 0.5) is 5.69 Å². The van der Waals surface area contributed by atoms with Gasteiger partial charge >= 0.3 is 0 Å². The van der Waals surface area contributed by atoms with Gasteiger partial charge in [0.15, 0.2) is 0 Å². The summed E-state index contributed by atoms with van der Waals surface area (Å²) in [5.41, 5.74) is 2.37. The summed E-state index contributed by atoms with van der Waals surface area (Å²) >= 11 is 0. The number of nitrogens with zero attached hydrogens (tertiary/aromatic N) is 1. The number of rotatable bonds is 4. The molecular weight excluding hydrogens is 160 g/mol. The number of hydrogen-bond donors (Lipinski definition) is 1. The van der Waals surface area contributed by atoms with Gasteiger partial charge in [-0.05, 0) is 31.0 Å². The molecule has 0 saturated heterocycles. The Kier molecular flexibility index (Phi) is 3.84. The summed E-state index contributed by atoms with van der Waals surface area (Å²) in [5.74, 6) is 0. The van der Waals surface area contributed by atoms with Crippen LogP contribution in [-0.2, 0) is 6.42 Å². The highest BCUT2D eigenvalue weighted by Crippen LogP contribution is 2.10. The Morgan fingerprint density at radius 3 is 2.54 bits per heavy atom. The summed E-state index contributed by atoms with van der Waals surface area (Å²) in [6, 6.07) is 10.4. The largest absolute Gasteiger partial charge is 0.385 e. The minimum Gasteiger partial charge on any atom is -0.385 e. The van der Waals surface area contributed by atoms with Gasteiger partial charge in [0.2, 0.25) is 0 Å². The molecule has 0 bridgehead atoms. The third kappa shape index (κ3) is 3.16. The van der Waals surface area contributed by atoms with Crippen molar-refractivity contribution < 1.29 is 0 Å². The molecule has 0 heterocycles. The van der Waals surface area contributed by atoms with E-state index in [1.807, 2.05) is 0 Å². The van der Waals surface area contributed by atoms with Crippen LogP contribution in [0.25, 0.3) is 0 Å². The molecule has 0 radical (unpaired) electrons. The molecule has 68 valence electrons. The van der Waals surface area contributed by atoms with E-state index < -0.39 is 0 Å². The molecule has 2 nitrogen and oxygen atoms in total. The van der Waals surface area contributed by atoms with Gasteiger partial charge < -0.3 is 5.32 Å². The Balaban J connectivity index is 2.54. The topological polar surface area (TPSA) is 35.8 Å². The summed E-state index contributed by atoms with van der Waals surface area (Å²) in [6.07, 6.45) is 1.45. The van der Waals surface area contributed by atoms with Crippen LogP contribution in [0.15, 0.2) is 24.3 Å². The Labute approximate surface area is 79.2 Å². The third-order valence-corrected chi connectivity index (χ3v) is 1.86. The monoisotopic (exact) mass is 174 g/mol. The van der Waals surface area contributed by atoms with E-state index in [1.165, 1.54) is 5.56 Å². The maximum absolute atomic E-state index is 8.40. The number of aryl methyl sites for hydroxylation is 1. The zero-order chi connectivity index (χ0) is 9.52. The maximum atomic E-state index is 8.40. The highest BCUT2D eigenvalue weighted by atomic mass is 14.8. The predicted molar refractivity (Wildman–Crippen MR) is 54.5 cm³/mol. The summed E-state index contributed by atoms with van der Waals surface area (Å²) in [4.78, 5) is 0. The lowest BCUT2D eigenvalue weighted by Gasteiger charge is -2.03. The number of anilines is 1. The van der Waals surface area contributed by atoms with Crippen LogP contribution in [0.2, 0.25) is 0 Å². The average molecular weight is 174 g/mol. The molecule has 0 unspecified atom stereocenters. The minimum atomic E-state index is 0.598. The van der Waals surface area contributed by atoms with Crippen LogP contribution in [-0.4, -0.2) is 6.54 Å². The molecule has 1 aromatic carbocycles. The van der Waals surface area contributed by atoms with Crippen LogP contribution in [0, 0.1) is 11.3 Å². The van der Waals surface area contributed by atoms with E-state index in [0.29, 0.717) is 6.42 Å². The van der Waals surface area contributed by atoms with Crippen LogP contribution in [0.5, 0.6) is 0 Å². The second-order valence-electron chi connectivity index (χ2n) is 2.89. The first-order valence-electron chi connectivity index (χ1n) is 4.56. The first kappa shape index (κ1) is 9.60. The first-order chi connectivity index (χ1) is 6.36. The van der Waals surface area contributed by atoms with Crippen LogP contribution >= 0.6 is 0 Å². The second kappa shape index (κ2) is 5.21. The van der Waals surface area contributed by atoms with E-state index in [2.05, 4.69) is 42.6 Å². The number of nitriles is 1. The van der Waals surface area contributed by atoms with Crippen LogP contribution in [0.3, 0.4) is 0 Å². The fourth-order valence-electron chi connectivity index (χ4n) is 1.19. The molecule has 0 aliphatic rings. The summed E-state index contributed by atoms with van der Waals surface area (Å²) in [6.45, 7) is 3.02. The lowest BCUT2D eigenvalue weighted by molar-refractivity contribution is 1.01. The third-order valence-electron chi connectivity index (χ3n) is 1.86. The van der Waals surface area contributed by atoms with Crippen molar-refractivity contribution in [3.05, 3.63) is 29.8 Å². The van der Waals surface area contributed by atoms with Crippen molar-refractivity contribution in [1.29, 1.82) is 5.26 Å². The van der Waals surface area contributed by atoms with Gasteiger partial charge in [0, 0.05) is 18.7 Å². The first-order valence-corrected chi connectivity index (χ1v) is 4.56. The Morgan fingerprint density at radius 1 is 1.31 bits per heavy atom. The molecule has 0 saturated carbocycles.